The zero-order chi connectivity index (χ0) is 10.6. The third kappa shape index (κ3) is 2.25. The molecule has 0 amide bonds. The van der Waals surface area contributed by atoms with Gasteiger partial charge in [0.15, 0.2) is 0 Å². The molecule has 78 valence electrons. The van der Waals surface area contributed by atoms with Gasteiger partial charge in [-0.15, -0.1) is 0 Å². The molecule has 1 aromatic carbocycles. The van der Waals surface area contributed by atoms with E-state index in [2.05, 4.69) is 18.3 Å². The van der Waals surface area contributed by atoms with Crippen LogP contribution in [-0.4, -0.2) is 14.2 Å². The molecule has 0 aliphatic rings. The molecule has 0 heterocycles. The summed E-state index contributed by atoms with van der Waals surface area (Å²) in [6, 6.07) is 6.31. The van der Waals surface area contributed by atoms with Gasteiger partial charge in [-0.2, -0.15) is 0 Å². The molecular formula is C11H18N2O. The van der Waals surface area contributed by atoms with Crippen molar-refractivity contribution in [2.45, 2.75) is 19.5 Å². The van der Waals surface area contributed by atoms with E-state index in [1.807, 2.05) is 19.2 Å². The highest BCUT2D eigenvalue weighted by atomic mass is 16.5. The minimum absolute atomic E-state index is 0.274. The Kier molecular flexibility index (Phi) is 3.92. The van der Waals surface area contributed by atoms with E-state index in [0.29, 0.717) is 6.54 Å². The molecule has 0 aliphatic carbocycles. The van der Waals surface area contributed by atoms with Gasteiger partial charge in [-0.25, -0.2) is 0 Å². The second-order valence-corrected chi connectivity index (χ2v) is 3.29. The normalized spacial score (nSPS) is 12.6. The fourth-order valence-corrected chi connectivity index (χ4v) is 1.40. The molecule has 14 heavy (non-hydrogen) atoms. The van der Waals surface area contributed by atoms with E-state index in [1.165, 1.54) is 0 Å². The van der Waals surface area contributed by atoms with Crippen LogP contribution in [0.2, 0.25) is 0 Å². The van der Waals surface area contributed by atoms with Crippen molar-refractivity contribution in [2.75, 3.05) is 14.2 Å². The number of hydrogen-bond acceptors (Lipinski definition) is 3. The number of nitrogens with one attached hydrogen (secondary N) is 1. The average Bonchev–Trinajstić information content (AvgIpc) is 2.27. The Morgan fingerprint density at radius 1 is 1.50 bits per heavy atom. The molecule has 1 rings (SSSR count). The summed E-state index contributed by atoms with van der Waals surface area (Å²) >= 11 is 0. The minimum Gasteiger partial charge on any atom is -0.496 e. The number of rotatable bonds is 4. The van der Waals surface area contributed by atoms with Crippen LogP contribution in [0.5, 0.6) is 5.75 Å². The van der Waals surface area contributed by atoms with Crippen LogP contribution in [0, 0.1) is 0 Å². The smallest absolute Gasteiger partial charge is 0.123 e. The lowest BCUT2D eigenvalue weighted by atomic mass is 10.0. The summed E-state index contributed by atoms with van der Waals surface area (Å²) in [5.41, 5.74) is 7.87. The molecule has 1 atom stereocenters. The van der Waals surface area contributed by atoms with Crippen molar-refractivity contribution in [1.82, 2.24) is 5.32 Å². The topological polar surface area (TPSA) is 47.3 Å². The second kappa shape index (κ2) is 4.98. The first-order valence-electron chi connectivity index (χ1n) is 4.77. The van der Waals surface area contributed by atoms with Gasteiger partial charge in [-0.1, -0.05) is 6.07 Å². The Balaban J connectivity index is 3.08. The second-order valence-electron chi connectivity index (χ2n) is 3.29. The summed E-state index contributed by atoms with van der Waals surface area (Å²) in [7, 11) is 3.61. The summed E-state index contributed by atoms with van der Waals surface area (Å²) in [4.78, 5) is 0. The van der Waals surface area contributed by atoms with Gasteiger partial charge in [0, 0.05) is 18.2 Å². The van der Waals surface area contributed by atoms with Gasteiger partial charge in [0.2, 0.25) is 0 Å². The maximum atomic E-state index is 5.59. The third-order valence-corrected chi connectivity index (χ3v) is 2.43. The molecule has 0 saturated heterocycles. The molecule has 0 saturated carbocycles. The molecule has 1 aromatic rings. The summed E-state index contributed by atoms with van der Waals surface area (Å²) in [5, 5.41) is 3.19. The van der Waals surface area contributed by atoms with Crippen LogP contribution in [0.15, 0.2) is 18.2 Å². The van der Waals surface area contributed by atoms with Gasteiger partial charge in [-0.05, 0) is 31.7 Å². The van der Waals surface area contributed by atoms with Gasteiger partial charge >= 0.3 is 0 Å². The number of nitrogens with two attached hydrogens (primary N) is 1. The molecule has 3 heteroatoms. The summed E-state index contributed by atoms with van der Waals surface area (Å²) in [6.07, 6.45) is 0. The van der Waals surface area contributed by atoms with E-state index >= 15 is 0 Å². The van der Waals surface area contributed by atoms with Crippen LogP contribution in [0.1, 0.15) is 24.1 Å². The highest BCUT2D eigenvalue weighted by molar-refractivity contribution is 5.39. The summed E-state index contributed by atoms with van der Waals surface area (Å²) in [5.74, 6) is 0.907. The number of methoxy groups -OCH3 is 1. The van der Waals surface area contributed by atoms with Crippen molar-refractivity contribution in [3.8, 4) is 5.75 Å². The van der Waals surface area contributed by atoms with Crippen LogP contribution < -0.4 is 15.8 Å². The van der Waals surface area contributed by atoms with Gasteiger partial charge < -0.3 is 15.8 Å². The molecule has 0 bridgehead atoms. The zero-order valence-corrected chi connectivity index (χ0v) is 9.00. The van der Waals surface area contributed by atoms with Gasteiger partial charge in [0.25, 0.3) is 0 Å². The van der Waals surface area contributed by atoms with Gasteiger partial charge in [0.1, 0.15) is 5.75 Å². The first-order valence-corrected chi connectivity index (χ1v) is 4.77. The molecule has 1 unspecified atom stereocenters. The fourth-order valence-electron chi connectivity index (χ4n) is 1.40. The molecule has 3 nitrogen and oxygen atoms in total. The first kappa shape index (κ1) is 11.0. The lowest BCUT2D eigenvalue weighted by Gasteiger charge is -2.15. The van der Waals surface area contributed by atoms with Crippen LogP contribution in [0.4, 0.5) is 0 Å². The van der Waals surface area contributed by atoms with Gasteiger partial charge in [0.05, 0.1) is 7.11 Å². The van der Waals surface area contributed by atoms with Crippen molar-refractivity contribution in [3.05, 3.63) is 29.3 Å². The quantitative estimate of drug-likeness (QED) is 0.762. The van der Waals surface area contributed by atoms with Crippen LogP contribution in [0.3, 0.4) is 0 Å². The Morgan fingerprint density at radius 2 is 2.21 bits per heavy atom. The molecule has 3 N–H and O–H groups in total. The van der Waals surface area contributed by atoms with E-state index in [0.717, 1.165) is 16.9 Å². The van der Waals surface area contributed by atoms with E-state index in [4.69, 9.17) is 10.5 Å². The molecule has 0 radical (unpaired) electrons. The number of hydrogen-bond donors (Lipinski definition) is 2. The van der Waals surface area contributed by atoms with E-state index < -0.39 is 0 Å². The fraction of sp³-hybridized carbons (Fsp3) is 0.455. The maximum Gasteiger partial charge on any atom is 0.123 e. The van der Waals surface area contributed by atoms with Crippen LogP contribution >= 0.6 is 0 Å². The molecular weight excluding hydrogens is 176 g/mol. The van der Waals surface area contributed by atoms with E-state index in [9.17, 15) is 0 Å². The third-order valence-electron chi connectivity index (χ3n) is 2.43. The van der Waals surface area contributed by atoms with Crippen molar-refractivity contribution in [1.29, 1.82) is 0 Å². The minimum atomic E-state index is 0.274. The first-order chi connectivity index (χ1) is 6.72. The standard InChI is InChI=1S/C11H18N2O/c1-8(13-2)10-6-9(7-12)4-5-11(10)14-3/h4-6,8,13H,7,12H2,1-3H3. The zero-order valence-electron chi connectivity index (χ0n) is 9.00. The lowest BCUT2D eigenvalue weighted by Crippen LogP contribution is -2.14. The summed E-state index contributed by atoms with van der Waals surface area (Å²) < 4.78 is 5.29. The van der Waals surface area contributed by atoms with Crippen molar-refractivity contribution >= 4 is 0 Å². The average molecular weight is 194 g/mol. The predicted octanol–water partition coefficient (Wildman–Crippen LogP) is 1.43. The monoisotopic (exact) mass is 194 g/mol. The van der Waals surface area contributed by atoms with Crippen molar-refractivity contribution < 1.29 is 4.74 Å². The predicted molar refractivity (Wildman–Crippen MR) is 58.4 cm³/mol. The SMILES string of the molecule is CNC(C)c1cc(CN)ccc1OC. The number of benzene rings is 1. The Bertz CT molecular complexity index is 299. The molecule has 0 aromatic heterocycles. The Hall–Kier alpha value is -1.06. The molecule has 0 aliphatic heterocycles. The Labute approximate surface area is 85.3 Å². The maximum absolute atomic E-state index is 5.59. The van der Waals surface area contributed by atoms with E-state index in [-0.39, 0.29) is 6.04 Å². The molecule has 0 spiro atoms. The van der Waals surface area contributed by atoms with Crippen LogP contribution in [0.25, 0.3) is 0 Å². The van der Waals surface area contributed by atoms with Gasteiger partial charge in [-0.3, -0.25) is 0 Å². The molecule has 0 fully saturated rings. The van der Waals surface area contributed by atoms with Crippen molar-refractivity contribution in [3.63, 3.8) is 0 Å². The largest absolute Gasteiger partial charge is 0.496 e. The Morgan fingerprint density at radius 3 is 2.71 bits per heavy atom. The lowest BCUT2D eigenvalue weighted by molar-refractivity contribution is 0.403. The highest BCUT2D eigenvalue weighted by Gasteiger charge is 2.09. The summed E-state index contributed by atoms with van der Waals surface area (Å²) in [6.45, 7) is 2.66. The van der Waals surface area contributed by atoms with Crippen molar-refractivity contribution in [2.24, 2.45) is 5.73 Å². The highest BCUT2D eigenvalue weighted by Crippen LogP contribution is 2.25. The van der Waals surface area contributed by atoms with E-state index in [1.54, 1.807) is 7.11 Å². The van der Waals surface area contributed by atoms with Crippen LogP contribution in [-0.2, 0) is 6.54 Å². The number of ether oxygens (including phenoxy) is 1.